The van der Waals surface area contributed by atoms with Crippen molar-refractivity contribution in [3.8, 4) is 5.75 Å². The molecule has 1 aliphatic carbocycles. The van der Waals surface area contributed by atoms with Crippen LogP contribution in [0.25, 0.3) is 0 Å². The zero-order valence-corrected chi connectivity index (χ0v) is 19.5. The van der Waals surface area contributed by atoms with Crippen molar-refractivity contribution in [3.05, 3.63) is 93.3 Å². The molecule has 2 atom stereocenters. The fourth-order valence-electron chi connectivity index (χ4n) is 5.44. The number of pyridine rings is 1. The normalized spacial score (nSPS) is 19.7. The van der Waals surface area contributed by atoms with Gasteiger partial charge >= 0.3 is 0 Å². The molecule has 5 rings (SSSR count). The van der Waals surface area contributed by atoms with Crippen molar-refractivity contribution >= 4 is 17.5 Å². The zero-order chi connectivity index (χ0) is 22.9. The van der Waals surface area contributed by atoms with Gasteiger partial charge in [0, 0.05) is 48.9 Å². The lowest BCUT2D eigenvalue weighted by Gasteiger charge is -2.38. The molecule has 5 nitrogen and oxygen atoms in total. The van der Waals surface area contributed by atoms with Crippen LogP contribution in [0, 0.1) is 0 Å². The highest BCUT2D eigenvalue weighted by Gasteiger charge is 2.38. The summed E-state index contributed by atoms with van der Waals surface area (Å²) in [7, 11) is 2.17. The predicted molar refractivity (Wildman–Crippen MR) is 130 cm³/mol. The second-order valence-corrected chi connectivity index (χ2v) is 9.42. The van der Waals surface area contributed by atoms with Crippen molar-refractivity contribution in [2.45, 2.75) is 37.6 Å². The minimum absolute atomic E-state index is 0.0395. The molecule has 0 radical (unpaired) electrons. The number of benzene rings is 2. The Bertz CT molecular complexity index is 1180. The van der Waals surface area contributed by atoms with Crippen LogP contribution in [0.5, 0.6) is 5.75 Å². The molecule has 6 heteroatoms. The third-order valence-electron chi connectivity index (χ3n) is 7.10. The van der Waals surface area contributed by atoms with Gasteiger partial charge in [0.2, 0.25) is 0 Å². The maximum Gasteiger partial charge on any atom is 0.251 e. The van der Waals surface area contributed by atoms with Crippen LogP contribution in [0.3, 0.4) is 0 Å². The second kappa shape index (κ2) is 9.16. The second-order valence-electron chi connectivity index (χ2n) is 9.02. The van der Waals surface area contributed by atoms with Crippen molar-refractivity contribution in [3.63, 3.8) is 0 Å². The number of hydrogen-bond acceptors (Lipinski definition) is 4. The van der Waals surface area contributed by atoms with E-state index in [4.69, 9.17) is 11.6 Å². The first-order valence-electron chi connectivity index (χ1n) is 11.5. The molecule has 2 N–H and O–H groups in total. The lowest BCUT2D eigenvalue weighted by molar-refractivity contribution is 0.0952. The first-order valence-corrected chi connectivity index (χ1v) is 11.9. The van der Waals surface area contributed by atoms with Crippen molar-refractivity contribution in [1.82, 2.24) is 15.2 Å². The van der Waals surface area contributed by atoms with Crippen LogP contribution >= 0.6 is 11.6 Å². The highest BCUT2D eigenvalue weighted by Crippen LogP contribution is 2.45. The number of aromatic nitrogens is 1. The third kappa shape index (κ3) is 4.23. The summed E-state index contributed by atoms with van der Waals surface area (Å²) in [6, 6.07) is 15.9. The maximum atomic E-state index is 13.1. The van der Waals surface area contributed by atoms with E-state index in [9.17, 15) is 9.90 Å². The van der Waals surface area contributed by atoms with Crippen molar-refractivity contribution in [1.29, 1.82) is 0 Å². The zero-order valence-electron chi connectivity index (χ0n) is 18.7. The summed E-state index contributed by atoms with van der Waals surface area (Å²) >= 11 is 6.25. The predicted octanol–water partition coefficient (Wildman–Crippen LogP) is 4.35. The minimum atomic E-state index is -0.0395. The van der Waals surface area contributed by atoms with E-state index in [1.54, 1.807) is 6.20 Å². The van der Waals surface area contributed by atoms with Gasteiger partial charge in [-0.2, -0.15) is 0 Å². The monoisotopic (exact) mass is 461 g/mol. The number of halogens is 1. The van der Waals surface area contributed by atoms with Crippen LogP contribution in [-0.2, 0) is 19.3 Å². The molecule has 1 aromatic heterocycles. The number of aromatic hydroxyl groups is 1. The quantitative estimate of drug-likeness (QED) is 0.606. The smallest absolute Gasteiger partial charge is 0.251 e. The van der Waals surface area contributed by atoms with E-state index in [0.717, 1.165) is 48.2 Å². The van der Waals surface area contributed by atoms with E-state index in [1.165, 1.54) is 11.1 Å². The van der Waals surface area contributed by atoms with Crippen LogP contribution in [0.2, 0.25) is 5.02 Å². The number of hydrogen-bond donors (Lipinski definition) is 2. The van der Waals surface area contributed by atoms with E-state index in [-0.39, 0.29) is 17.6 Å². The Kier molecular flexibility index (Phi) is 6.09. The number of amides is 1. The fourth-order valence-corrected chi connectivity index (χ4v) is 5.62. The van der Waals surface area contributed by atoms with Gasteiger partial charge in [0.1, 0.15) is 5.75 Å². The minimum Gasteiger partial charge on any atom is -0.506 e. The van der Waals surface area contributed by atoms with E-state index in [0.29, 0.717) is 24.0 Å². The molecule has 0 saturated heterocycles. The summed E-state index contributed by atoms with van der Waals surface area (Å²) in [5, 5.41) is 13.9. The molecule has 3 aromatic rings. The molecule has 33 heavy (non-hydrogen) atoms. The van der Waals surface area contributed by atoms with Crippen LogP contribution in [0.4, 0.5) is 0 Å². The Morgan fingerprint density at radius 2 is 2.06 bits per heavy atom. The maximum absolute atomic E-state index is 13.1. The molecule has 2 heterocycles. The fraction of sp³-hybridized carbons (Fsp3) is 0.333. The van der Waals surface area contributed by atoms with Gasteiger partial charge in [0.15, 0.2) is 0 Å². The summed E-state index contributed by atoms with van der Waals surface area (Å²) in [6.45, 7) is 1.49. The standard InChI is InChI=1S/C27H28ClN3O2/c1-31-14-11-17-15-23(28)25(32)16-22(17)26-20-6-4-7-21(19(20)8-9-24(26)31)27(33)30-13-10-18-5-2-3-12-29-18/h2-7,12,15-16,24,26,32H,8-11,13-14H2,1H3,(H,30,33)/t24-,26+/m0/s1. The molecule has 1 aliphatic heterocycles. The van der Waals surface area contributed by atoms with Gasteiger partial charge < -0.3 is 15.3 Å². The molecule has 0 bridgehead atoms. The summed E-state index contributed by atoms with van der Waals surface area (Å²) < 4.78 is 0. The lowest BCUT2D eigenvalue weighted by Crippen LogP contribution is -2.40. The van der Waals surface area contributed by atoms with Gasteiger partial charge in [-0.25, -0.2) is 0 Å². The number of likely N-dealkylation sites (N-methyl/N-ethyl adjacent to an activating group) is 1. The Morgan fingerprint density at radius 1 is 1.18 bits per heavy atom. The van der Waals surface area contributed by atoms with E-state index in [1.807, 2.05) is 42.5 Å². The first kappa shape index (κ1) is 21.9. The molecule has 0 saturated carbocycles. The first-order chi connectivity index (χ1) is 16.0. The molecule has 0 fully saturated rings. The average molecular weight is 462 g/mol. The number of nitrogens with one attached hydrogen (secondary N) is 1. The molecule has 0 unspecified atom stereocenters. The lowest BCUT2D eigenvalue weighted by atomic mass is 9.73. The summed E-state index contributed by atoms with van der Waals surface area (Å²) in [6.07, 6.45) is 5.19. The Morgan fingerprint density at radius 3 is 2.88 bits per heavy atom. The number of fused-ring (bicyclic) bond motifs is 5. The van der Waals surface area contributed by atoms with Crippen molar-refractivity contribution < 1.29 is 9.90 Å². The van der Waals surface area contributed by atoms with Gasteiger partial charge in [-0.1, -0.05) is 29.8 Å². The summed E-state index contributed by atoms with van der Waals surface area (Å²) in [5.41, 5.74) is 6.31. The van der Waals surface area contributed by atoms with Crippen LogP contribution in [0.15, 0.2) is 54.7 Å². The van der Waals surface area contributed by atoms with E-state index < -0.39 is 0 Å². The van der Waals surface area contributed by atoms with Crippen LogP contribution < -0.4 is 5.32 Å². The summed E-state index contributed by atoms with van der Waals surface area (Å²) in [5.74, 6) is 0.178. The number of rotatable bonds is 4. The number of carbonyl (C=O) groups is 1. The van der Waals surface area contributed by atoms with E-state index >= 15 is 0 Å². The van der Waals surface area contributed by atoms with Gasteiger partial charge in [-0.15, -0.1) is 0 Å². The number of phenolic OH excluding ortho intramolecular Hbond substituents is 1. The molecular weight excluding hydrogens is 434 g/mol. The SMILES string of the molecule is CN1CCc2cc(Cl)c(O)cc2[C@H]2c3cccc(C(=O)NCCc4ccccn4)c3CC[C@@H]21. The number of nitrogens with zero attached hydrogens (tertiary/aromatic N) is 2. The van der Waals surface area contributed by atoms with Gasteiger partial charge in [0.25, 0.3) is 5.91 Å². The Labute approximate surface area is 199 Å². The van der Waals surface area contributed by atoms with Crippen molar-refractivity contribution in [2.24, 2.45) is 0 Å². The molecule has 170 valence electrons. The average Bonchev–Trinajstić information content (AvgIpc) is 2.96. The van der Waals surface area contributed by atoms with Gasteiger partial charge in [-0.05, 0) is 78.9 Å². The molecular formula is C27H28ClN3O2. The van der Waals surface area contributed by atoms with Crippen molar-refractivity contribution in [2.75, 3.05) is 20.1 Å². The highest BCUT2D eigenvalue weighted by atomic mass is 35.5. The van der Waals surface area contributed by atoms with Crippen LogP contribution in [-0.4, -0.2) is 47.1 Å². The van der Waals surface area contributed by atoms with Gasteiger partial charge in [0.05, 0.1) is 5.02 Å². The largest absolute Gasteiger partial charge is 0.506 e. The number of carbonyl (C=O) groups excluding carboxylic acids is 1. The van der Waals surface area contributed by atoms with Gasteiger partial charge in [-0.3, -0.25) is 9.78 Å². The molecule has 2 aliphatic rings. The Hall–Kier alpha value is -2.89. The van der Waals surface area contributed by atoms with E-state index in [2.05, 4.69) is 28.3 Å². The molecule has 2 aromatic carbocycles. The Balaban J connectivity index is 1.46. The number of phenols is 1. The topological polar surface area (TPSA) is 65.5 Å². The summed E-state index contributed by atoms with van der Waals surface area (Å²) in [4.78, 5) is 19.9. The molecule has 1 amide bonds. The molecule has 0 spiro atoms. The van der Waals surface area contributed by atoms with Crippen LogP contribution in [0.1, 0.15) is 50.6 Å². The highest BCUT2D eigenvalue weighted by molar-refractivity contribution is 6.32. The third-order valence-corrected chi connectivity index (χ3v) is 7.41.